The molecule has 3 heteroatoms. The van der Waals surface area contributed by atoms with E-state index < -0.39 is 0 Å². The highest BCUT2D eigenvalue weighted by Gasteiger charge is 2.22. The van der Waals surface area contributed by atoms with Gasteiger partial charge in [0.2, 0.25) is 0 Å². The van der Waals surface area contributed by atoms with Crippen LogP contribution in [0.4, 0.5) is 0 Å². The Morgan fingerprint density at radius 1 is 1.00 bits per heavy atom. The second-order valence-corrected chi connectivity index (χ2v) is 7.64. The highest BCUT2D eigenvalue weighted by Crippen LogP contribution is 2.30. The van der Waals surface area contributed by atoms with E-state index in [1.807, 2.05) is 23.9 Å². The van der Waals surface area contributed by atoms with Gasteiger partial charge in [0.1, 0.15) is 5.75 Å². The molecule has 122 valence electrons. The minimum atomic E-state index is 0.348. The van der Waals surface area contributed by atoms with Crippen LogP contribution >= 0.6 is 11.8 Å². The van der Waals surface area contributed by atoms with Crippen molar-refractivity contribution in [1.82, 2.24) is 4.90 Å². The van der Waals surface area contributed by atoms with E-state index in [1.165, 1.54) is 55.8 Å². The third kappa shape index (κ3) is 5.29. The van der Waals surface area contributed by atoms with Crippen LogP contribution in [-0.2, 0) is 6.42 Å². The normalized spacial score (nSPS) is 18.3. The topological polar surface area (TPSA) is 23.5 Å². The Bertz CT molecular complexity index is 584. The maximum atomic E-state index is 9.34. The van der Waals surface area contributed by atoms with Gasteiger partial charge in [0.15, 0.2) is 0 Å². The predicted molar refractivity (Wildman–Crippen MR) is 98.2 cm³/mol. The second-order valence-electron chi connectivity index (χ2n) is 6.27. The summed E-state index contributed by atoms with van der Waals surface area (Å²) in [6, 6.07) is 18.4. The van der Waals surface area contributed by atoms with E-state index in [0.29, 0.717) is 11.0 Å². The van der Waals surface area contributed by atoms with Crippen LogP contribution in [-0.4, -0.2) is 34.9 Å². The van der Waals surface area contributed by atoms with Gasteiger partial charge in [0, 0.05) is 16.7 Å². The largest absolute Gasteiger partial charge is 0.508 e. The standard InChI is InChI=1S/C20H25NOS/c22-18-9-11-19(12-10-18)23-20-13-15-21(16-20)14-5-4-8-17-6-2-1-3-7-17/h1-3,6-7,9-12,20,22H,4-5,8,13-16H2/t20-/m1/s1. The Kier molecular flexibility index (Phi) is 6.00. The molecule has 1 aliphatic rings. The summed E-state index contributed by atoms with van der Waals surface area (Å²) in [5, 5.41) is 10.0. The minimum absolute atomic E-state index is 0.348. The number of aryl methyl sites for hydroxylation is 1. The van der Waals surface area contributed by atoms with Gasteiger partial charge in [-0.3, -0.25) is 0 Å². The van der Waals surface area contributed by atoms with Gasteiger partial charge < -0.3 is 10.0 Å². The Morgan fingerprint density at radius 3 is 2.57 bits per heavy atom. The van der Waals surface area contributed by atoms with Crippen LogP contribution in [0.5, 0.6) is 5.75 Å². The lowest BCUT2D eigenvalue weighted by Crippen LogP contribution is -2.22. The van der Waals surface area contributed by atoms with Gasteiger partial charge in [-0.05, 0) is 68.6 Å². The molecule has 2 aromatic rings. The van der Waals surface area contributed by atoms with Crippen LogP contribution in [0, 0.1) is 0 Å². The molecule has 0 aromatic heterocycles. The summed E-state index contributed by atoms with van der Waals surface area (Å²) >= 11 is 1.95. The molecule has 1 saturated heterocycles. The summed E-state index contributed by atoms with van der Waals surface area (Å²) < 4.78 is 0. The molecule has 1 heterocycles. The Labute approximate surface area is 143 Å². The van der Waals surface area contributed by atoms with Crippen molar-refractivity contribution in [2.75, 3.05) is 19.6 Å². The monoisotopic (exact) mass is 327 g/mol. The van der Waals surface area contributed by atoms with Crippen molar-refractivity contribution in [3.8, 4) is 5.75 Å². The van der Waals surface area contributed by atoms with E-state index in [9.17, 15) is 5.11 Å². The lowest BCUT2D eigenvalue weighted by molar-refractivity contribution is 0.331. The van der Waals surface area contributed by atoms with E-state index in [0.717, 1.165) is 0 Å². The lowest BCUT2D eigenvalue weighted by atomic mass is 10.1. The van der Waals surface area contributed by atoms with Gasteiger partial charge in [0.25, 0.3) is 0 Å². The van der Waals surface area contributed by atoms with Crippen LogP contribution in [0.15, 0.2) is 59.5 Å². The number of hydrogen-bond donors (Lipinski definition) is 1. The van der Waals surface area contributed by atoms with Crippen LogP contribution in [0.2, 0.25) is 0 Å². The first-order chi connectivity index (χ1) is 11.3. The van der Waals surface area contributed by atoms with Crippen molar-refractivity contribution in [2.24, 2.45) is 0 Å². The molecule has 0 aliphatic carbocycles. The zero-order valence-electron chi connectivity index (χ0n) is 13.5. The Morgan fingerprint density at radius 2 is 1.78 bits per heavy atom. The average molecular weight is 327 g/mol. The Hall–Kier alpha value is -1.45. The third-order valence-electron chi connectivity index (χ3n) is 4.40. The van der Waals surface area contributed by atoms with E-state index in [-0.39, 0.29) is 0 Å². The summed E-state index contributed by atoms with van der Waals surface area (Å²) in [6.45, 7) is 3.64. The molecule has 1 fully saturated rings. The molecule has 1 aliphatic heterocycles. The molecule has 3 rings (SSSR count). The van der Waals surface area contributed by atoms with Crippen LogP contribution in [0.3, 0.4) is 0 Å². The summed E-state index contributed by atoms with van der Waals surface area (Å²) in [4.78, 5) is 3.86. The first-order valence-corrected chi connectivity index (χ1v) is 9.39. The number of phenolic OH excluding ortho intramolecular Hbond substituents is 1. The van der Waals surface area contributed by atoms with Gasteiger partial charge in [-0.1, -0.05) is 30.3 Å². The van der Waals surface area contributed by atoms with Crippen molar-refractivity contribution < 1.29 is 5.11 Å². The summed E-state index contributed by atoms with van der Waals surface area (Å²) in [6.07, 6.45) is 5.02. The van der Waals surface area contributed by atoms with E-state index in [4.69, 9.17) is 0 Å². The molecule has 2 aromatic carbocycles. The number of thioether (sulfide) groups is 1. The van der Waals surface area contributed by atoms with E-state index in [2.05, 4.69) is 35.2 Å². The van der Waals surface area contributed by atoms with Gasteiger partial charge >= 0.3 is 0 Å². The molecular formula is C20H25NOS. The number of unbranched alkanes of at least 4 members (excludes halogenated alkanes) is 1. The highest BCUT2D eigenvalue weighted by molar-refractivity contribution is 8.00. The molecule has 0 saturated carbocycles. The molecule has 0 amide bonds. The fourth-order valence-corrected chi connectivity index (χ4v) is 4.31. The zero-order chi connectivity index (χ0) is 15.9. The summed E-state index contributed by atoms with van der Waals surface area (Å²) in [5.41, 5.74) is 1.45. The SMILES string of the molecule is Oc1ccc(S[C@@H]2CCN(CCCCc3ccccc3)C2)cc1. The fourth-order valence-electron chi connectivity index (χ4n) is 3.12. The molecule has 0 spiro atoms. The highest BCUT2D eigenvalue weighted by atomic mass is 32.2. The van der Waals surface area contributed by atoms with Crippen LogP contribution < -0.4 is 0 Å². The number of aromatic hydroxyl groups is 1. The molecule has 23 heavy (non-hydrogen) atoms. The van der Waals surface area contributed by atoms with Crippen molar-refractivity contribution in [1.29, 1.82) is 0 Å². The van der Waals surface area contributed by atoms with Crippen LogP contribution in [0.1, 0.15) is 24.8 Å². The summed E-state index contributed by atoms with van der Waals surface area (Å²) in [5.74, 6) is 0.348. The number of likely N-dealkylation sites (tertiary alicyclic amines) is 1. The number of benzene rings is 2. The van der Waals surface area contributed by atoms with E-state index in [1.54, 1.807) is 12.1 Å². The quantitative estimate of drug-likeness (QED) is 0.753. The molecule has 1 N–H and O–H groups in total. The molecule has 1 atom stereocenters. The van der Waals surface area contributed by atoms with Crippen molar-refractivity contribution in [3.05, 3.63) is 60.2 Å². The molecular weight excluding hydrogens is 302 g/mol. The van der Waals surface area contributed by atoms with Gasteiger partial charge in [-0.2, -0.15) is 0 Å². The fraction of sp³-hybridized carbons (Fsp3) is 0.400. The van der Waals surface area contributed by atoms with Gasteiger partial charge in [-0.25, -0.2) is 0 Å². The maximum absolute atomic E-state index is 9.34. The third-order valence-corrected chi connectivity index (χ3v) is 5.66. The first-order valence-electron chi connectivity index (χ1n) is 8.51. The van der Waals surface area contributed by atoms with Gasteiger partial charge in [-0.15, -0.1) is 11.8 Å². The second kappa shape index (κ2) is 8.42. The van der Waals surface area contributed by atoms with Crippen molar-refractivity contribution in [3.63, 3.8) is 0 Å². The van der Waals surface area contributed by atoms with Gasteiger partial charge in [0.05, 0.1) is 0 Å². The zero-order valence-corrected chi connectivity index (χ0v) is 14.3. The lowest BCUT2D eigenvalue weighted by Gasteiger charge is -2.15. The predicted octanol–water partition coefficient (Wildman–Crippen LogP) is 4.58. The van der Waals surface area contributed by atoms with E-state index >= 15 is 0 Å². The smallest absolute Gasteiger partial charge is 0.115 e. The van der Waals surface area contributed by atoms with Crippen LogP contribution in [0.25, 0.3) is 0 Å². The number of hydrogen-bond acceptors (Lipinski definition) is 3. The minimum Gasteiger partial charge on any atom is -0.508 e. The number of rotatable bonds is 7. The molecule has 2 nitrogen and oxygen atoms in total. The molecule has 0 unspecified atom stereocenters. The average Bonchev–Trinajstić information content (AvgIpc) is 3.02. The molecule has 0 bridgehead atoms. The maximum Gasteiger partial charge on any atom is 0.115 e. The first kappa shape index (κ1) is 16.4. The Balaban J connectivity index is 1.34. The summed E-state index contributed by atoms with van der Waals surface area (Å²) in [7, 11) is 0. The van der Waals surface area contributed by atoms with Crippen molar-refractivity contribution >= 4 is 11.8 Å². The molecule has 0 radical (unpaired) electrons. The van der Waals surface area contributed by atoms with Crippen molar-refractivity contribution in [2.45, 2.75) is 35.8 Å². The number of phenols is 1. The number of nitrogens with zero attached hydrogens (tertiary/aromatic N) is 1.